The van der Waals surface area contributed by atoms with Gasteiger partial charge in [-0.15, -0.1) is 0 Å². The largest absolute Gasteiger partial charge is 0.356 e. The zero-order valence-corrected chi connectivity index (χ0v) is 15.5. The Hall–Kier alpha value is -2.90. The fourth-order valence-corrected chi connectivity index (χ4v) is 3.86. The van der Waals surface area contributed by atoms with Crippen LogP contribution in [0.4, 0.5) is 11.6 Å². The summed E-state index contributed by atoms with van der Waals surface area (Å²) in [5.41, 5.74) is 0.532. The summed E-state index contributed by atoms with van der Waals surface area (Å²) in [6.07, 6.45) is 7.06. The molecule has 1 N–H and O–H groups in total. The summed E-state index contributed by atoms with van der Waals surface area (Å²) >= 11 is 0. The number of anilines is 2. The van der Waals surface area contributed by atoms with Crippen LogP contribution in [-0.2, 0) is 11.8 Å². The van der Waals surface area contributed by atoms with E-state index in [1.807, 2.05) is 13.1 Å². The Kier molecular flexibility index (Phi) is 4.79. The van der Waals surface area contributed by atoms with Crippen molar-refractivity contribution in [2.45, 2.75) is 31.7 Å². The monoisotopic (exact) mass is 368 g/mol. The molecule has 2 aliphatic rings. The van der Waals surface area contributed by atoms with E-state index in [0.717, 1.165) is 38.2 Å². The number of pyridine rings is 1. The molecule has 8 heteroatoms. The molecule has 2 fully saturated rings. The summed E-state index contributed by atoms with van der Waals surface area (Å²) in [6, 6.07) is 4.82. The number of aryl methyl sites for hydroxylation is 1. The molecular weight excluding hydrogens is 344 g/mol. The van der Waals surface area contributed by atoms with Gasteiger partial charge >= 0.3 is 0 Å². The number of piperidine rings is 1. The molecule has 2 aromatic heterocycles. The standard InChI is InChI=1S/C19H24N6O2/c1-23-16(8-10-21-23)25-13-5-7-15(19(25)27)22-18(26)14-6-4-9-20-17(14)24-11-2-3-12-24/h4,6,8-10,15H,2-3,5,7,11-13H2,1H3,(H,22,26). The number of nitrogens with zero attached hydrogens (tertiary/aromatic N) is 5. The van der Waals surface area contributed by atoms with Crippen LogP contribution in [0.2, 0.25) is 0 Å². The van der Waals surface area contributed by atoms with Gasteiger partial charge in [0, 0.05) is 38.9 Å². The minimum Gasteiger partial charge on any atom is -0.356 e. The normalized spacial score (nSPS) is 20.2. The number of carbonyl (C=O) groups excluding carboxylic acids is 2. The number of hydrogen-bond acceptors (Lipinski definition) is 5. The van der Waals surface area contributed by atoms with E-state index in [0.29, 0.717) is 24.3 Å². The van der Waals surface area contributed by atoms with Gasteiger partial charge in [0.2, 0.25) is 0 Å². The molecule has 1 unspecified atom stereocenters. The second-order valence-electron chi connectivity index (χ2n) is 7.04. The first kappa shape index (κ1) is 17.5. The van der Waals surface area contributed by atoms with Gasteiger partial charge in [0.25, 0.3) is 11.8 Å². The number of hydrogen-bond donors (Lipinski definition) is 1. The zero-order valence-electron chi connectivity index (χ0n) is 15.5. The van der Waals surface area contributed by atoms with Crippen LogP contribution in [0, 0.1) is 0 Å². The van der Waals surface area contributed by atoms with Gasteiger partial charge in [-0.3, -0.25) is 19.2 Å². The van der Waals surface area contributed by atoms with E-state index < -0.39 is 6.04 Å². The van der Waals surface area contributed by atoms with E-state index in [1.54, 1.807) is 34.1 Å². The van der Waals surface area contributed by atoms with Crippen molar-refractivity contribution in [3.8, 4) is 0 Å². The Bertz CT molecular complexity index is 842. The fraction of sp³-hybridized carbons (Fsp3) is 0.474. The molecular formula is C19H24N6O2. The van der Waals surface area contributed by atoms with Crippen LogP contribution in [0.25, 0.3) is 0 Å². The van der Waals surface area contributed by atoms with Crippen molar-refractivity contribution >= 4 is 23.5 Å². The Morgan fingerprint density at radius 1 is 1.15 bits per heavy atom. The summed E-state index contributed by atoms with van der Waals surface area (Å²) in [6.45, 7) is 2.46. The lowest BCUT2D eigenvalue weighted by Crippen LogP contribution is -2.53. The van der Waals surface area contributed by atoms with Crippen molar-refractivity contribution in [2.75, 3.05) is 29.4 Å². The average molecular weight is 368 g/mol. The molecule has 4 heterocycles. The quantitative estimate of drug-likeness (QED) is 0.881. The molecule has 0 bridgehead atoms. The van der Waals surface area contributed by atoms with Crippen LogP contribution in [0.15, 0.2) is 30.6 Å². The molecule has 2 amide bonds. The molecule has 0 aromatic carbocycles. The molecule has 142 valence electrons. The predicted octanol–water partition coefficient (Wildman–Crippen LogP) is 1.34. The molecule has 2 aromatic rings. The van der Waals surface area contributed by atoms with E-state index in [-0.39, 0.29) is 11.8 Å². The minimum absolute atomic E-state index is 0.0928. The molecule has 2 aliphatic heterocycles. The maximum atomic E-state index is 12.9. The van der Waals surface area contributed by atoms with E-state index in [9.17, 15) is 9.59 Å². The van der Waals surface area contributed by atoms with Gasteiger partial charge in [-0.25, -0.2) is 4.98 Å². The summed E-state index contributed by atoms with van der Waals surface area (Å²) in [5.74, 6) is 1.12. The Morgan fingerprint density at radius 3 is 2.70 bits per heavy atom. The third kappa shape index (κ3) is 3.39. The van der Waals surface area contributed by atoms with Crippen molar-refractivity contribution in [1.82, 2.24) is 20.1 Å². The van der Waals surface area contributed by atoms with Crippen molar-refractivity contribution in [3.63, 3.8) is 0 Å². The second kappa shape index (κ2) is 7.38. The third-order valence-corrected chi connectivity index (χ3v) is 5.25. The van der Waals surface area contributed by atoms with E-state index in [4.69, 9.17) is 0 Å². The van der Waals surface area contributed by atoms with Crippen LogP contribution in [0.5, 0.6) is 0 Å². The van der Waals surface area contributed by atoms with Crippen molar-refractivity contribution in [1.29, 1.82) is 0 Å². The highest BCUT2D eigenvalue weighted by Gasteiger charge is 2.33. The van der Waals surface area contributed by atoms with Gasteiger partial charge in [-0.1, -0.05) is 0 Å². The molecule has 8 nitrogen and oxygen atoms in total. The Balaban J connectivity index is 1.51. The van der Waals surface area contributed by atoms with Crippen molar-refractivity contribution in [2.24, 2.45) is 7.05 Å². The lowest BCUT2D eigenvalue weighted by atomic mass is 10.0. The number of rotatable bonds is 4. The molecule has 0 radical (unpaired) electrons. The average Bonchev–Trinajstić information content (AvgIpc) is 3.35. The molecule has 0 saturated carbocycles. The molecule has 2 saturated heterocycles. The maximum Gasteiger partial charge on any atom is 0.255 e. The Labute approximate surface area is 158 Å². The highest BCUT2D eigenvalue weighted by Crippen LogP contribution is 2.23. The number of amides is 2. The van der Waals surface area contributed by atoms with E-state index >= 15 is 0 Å². The van der Waals surface area contributed by atoms with Crippen LogP contribution < -0.4 is 15.1 Å². The third-order valence-electron chi connectivity index (χ3n) is 5.25. The highest BCUT2D eigenvalue weighted by atomic mass is 16.2. The second-order valence-corrected chi connectivity index (χ2v) is 7.04. The predicted molar refractivity (Wildman–Crippen MR) is 102 cm³/mol. The highest BCUT2D eigenvalue weighted by molar-refractivity contribution is 6.04. The fourth-order valence-electron chi connectivity index (χ4n) is 3.86. The van der Waals surface area contributed by atoms with Crippen molar-refractivity contribution < 1.29 is 9.59 Å². The van der Waals surface area contributed by atoms with Gasteiger partial charge in [-0.2, -0.15) is 5.10 Å². The molecule has 0 spiro atoms. The lowest BCUT2D eigenvalue weighted by Gasteiger charge is -2.32. The first-order chi connectivity index (χ1) is 13.1. The van der Waals surface area contributed by atoms with Gasteiger partial charge in [0.05, 0.1) is 11.8 Å². The molecule has 27 heavy (non-hydrogen) atoms. The Morgan fingerprint density at radius 2 is 1.96 bits per heavy atom. The van der Waals surface area contributed by atoms with Gasteiger partial charge in [0.1, 0.15) is 17.7 Å². The van der Waals surface area contributed by atoms with E-state index in [2.05, 4.69) is 20.3 Å². The summed E-state index contributed by atoms with van der Waals surface area (Å²) in [5, 5.41) is 7.07. The lowest BCUT2D eigenvalue weighted by molar-refractivity contribution is -0.121. The van der Waals surface area contributed by atoms with Crippen molar-refractivity contribution in [3.05, 3.63) is 36.2 Å². The first-order valence-corrected chi connectivity index (χ1v) is 9.45. The molecule has 4 rings (SSSR count). The molecule has 1 atom stereocenters. The smallest absolute Gasteiger partial charge is 0.255 e. The van der Waals surface area contributed by atoms with Crippen LogP contribution >= 0.6 is 0 Å². The summed E-state index contributed by atoms with van der Waals surface area (Å²) in [4.78, 5) is 34.1. The molecule has 0 aliphatic carbocycles. The topological polar surface area (TPSA) is 83.4 Å². The number of carbonyl (C=O) groups is 2. The number of nitrogens with one attached hydrogen (secondary N) is 1. The SMILES string of the molecule is Cn1nccc1N1CCCC(NC(=O)c2cccnc2N2CCCC2)C1=O. The van der Waals surface area contributed by atoms with Crippen LogP contribution in [0.1, 0.15) is 36.0 Å². The van der Waals surface area contributed by atoms with Gasteiger partial charge < -0.3 is 10.2 Å². The first-order valence-electron chi connectivity index (χ1n) is 9.45. The minimum atomic E-state index is -0.534. The summed E-state index contributed by atoms with van der Waals surface area (Å²) < 4.78 is 1.68. The number of aromatic nitrogens is 3. The van der Waals surface area contributed by atoms with Gasteiger partial charge in [0.15, 0.2) is 0 Å². The van der Waals surface area contributed by atoms with Gasteiger partial charge in [-0.05, 0) is 37.8 Å². The van der Waals surface area contributed by atoms with E-state index in [1.165, 1.54) is 0 Å². The maximum absolute atomic E-state index is 12.9. The summed E-state index contributed by atoms with van der Waals surface area (Å²) in [7, 11) is 1.81. The van der Waals surface area contributed by atoms with Crippen LogP contribution in [-0.4, -0.2) is 52.3 Å². The van der Waals surface area contributed by atoms with Crippen LogP contribution in [0.3, 0.4) is 0 Å². The zero-order chi connectivity index (χ0) is 18.8.